The van der Waals surface area contributed by atoms with Crippen molar-refractivity contribution in [2.45, 2.75) is 19.8 Å². The average Bonchev–Trinajstić information content (AvgIpc) is 3.14. The van der Waals surface area contributed by atoms with Crippen molar-refractivity contribution in [3.8, 4) is 0 Å². The summed E-state index contributed by atoms with van der Waals surface area (Å²) in [5, 5.41) is 10.6. The van der Waals surface area contributed by atoms with Crippen molar-refractivity contribution in [2.24, 2.45) is 5.92 Å². The van der Waals surface area contributed by atoms with E-state index < -0.39 is 0 Å². The summed E-state index contributed by atoms with van der Waals surface area (Å²) in [6, 6.07) is 12.2. The van der Waals surface area contributed by atoms with Gasteiger partial charge in [-0.25, -0.2) is 4.39 Å². The van der Waals surface area contributed by atoms with Crippen LogP contribution in [0.15, 0.2) is 42.5 Å². The monoisotopic (exact) mass is 380 g/mol. The molecule has 7 heteroatoms. The summed E-state index contributed by atoms with van der Waals surface area (Å²) < 4.78 is 13.7. The summed E-state index contributed by atoms with van der Waals surface area (Å²) in [5.74, 6) is -0.814. The molecular formula is C21H21FN4O2. The maximum absolute atomic E-state index is 13.7. The number of carbonyl (C=O) groups excluding carboxylic acids is 2. The largest absolute Gasteiger partial charge is 0.337 e. The fraction of sp³-hybridized carbons (Fsp3) is 0.286. The van der Waals surface area contributed by atoms with Crippen LogP contribution in [0.1, 0.15) is 28.9 Å². The number of nitrogens with one attached hydrogen (secondary N) is 2. The van der Waals surface area contributed by atoms with Gasteiger partial charge in [0.25, 0.3) is 5.91 Å². The number of aryl methyl sites for hydroxylation is 1. The summed E-state index contributed by atoms with van der Waals surface area (Å²) in [7, 11) is 0. The van der Waals surface area contributed by atoms with Crippen LogP contribution in [0.2, 0.25) is 0 Å². The molecule has 1 aliphatic heterocycles. The molecule has 144 valence electrons. The highest BCUT2D eigenvalue weighted by Crippen LogP contribution is 2.23. The van der Waals surface area contributed by atoms with Crippen LogP contribution in [0.3, 0.4) is 0 Å². The zero-order valence-corrected chi connectivity index (χ0v) is 15.5. The van der Waals surface area contributed by atoms with E-state index in [0.29, 0.717) is 42.9 Å². The summed E-state index contributed by atoms with van der Waals surface area (Å²) >= 11 is 0. The van der Waals surface area contributed by atoms with E-state index in [-0.39, 0.29) is 23.5 Å². The summed E-state index contributed by atoms with van der Waals surface area (Å²) in [5.41, 5.74) is 2.23. The first-order valence-electron chi connectivity index (χ1n) is 9.32. The molecule has 1 fully saturated rings. The molecule has 2 heterocycles. The maximum Gasteiger partial charge on any atom is 0.274 e. The van der Waals surface area contributed by atoms with Crippen molar-refractivity contribution in [1.29, 1.82) is 0 Å². The second-order valence-corrected chi connectivity index (χ2v) is 7.14. The van der Waals surface area contributed by atoms with Crippen LogP contribution in [-0.4, -0.2) is 40.0 Å². The van der Waals surface area contributed by atoms with Gasteiger partial charge >= 0.3 is 0 Å². The number of likely N-dealkylation sites (tertiary alicyclic amines) is 1. The average molecular weight is 380 g/mol. The molecule has 2 aromatic carbocycles. The first kappa shape index (κ1) is 18.2. The van der Waals surface area contributed by atoms with Crippen LogP contribution in [0, 0.1) is 18.7 Å². The van der Waals surface area contributed by atoms with E-state index in [0.717, 1.165) is 10.9 Å². The van der Waals surface area contributed by atoms with Gasteiger partial charge in [-0.3, -0.25) is 14.7 Å². The van der Waals surface area contributed by atoms with Gasteiger partial charge in [-0.2, -0.15) is 5.10 Å². The Labute approximate surface area is 161 Å². The minimum Gasteiger partial charge on any atom is -0.337 e. The van der Waals surface area contributed by atoms with Gasteiger partial charge in [0, 0.05) is 30.1 Å². The third-order valence-corrected chi connectivity index (χ3v) is 5.27. The lowest BCUT2D eigenvalue weighted by Crippen LogP contribution is -2.41. The highest BCUT2D eigenvalue weighted by Gasteiger charge is 2.29. The van der Waals surface area contributed by atoms with Crippen molar-refractivity contribution in [3.05, 3.63) is 59.5 Å². The quantitative estimate of drug-likeness (QED) is 0.730. The van der Waals surface area contributed by atoms with E-state index in [1.165, 1.54) is 6.07 Å². The van der Waals surface area contributed by atoms with Gasteiger partial charge in [-0.1, -0.05) is 24.3 Å². The van der Waals surface area contributed by atoms with Gasteiger partial charge in [-0.15, -0.1) is 0 Å². The number of para-hydroxylation sites is 1. The first-order chi connectivity index (χ1) is 13.5. The molecule has 6 nitrogen and oxygen atoms in total. The molecule has 0 bridgehead atoms. The number of fused-ring (bicyclic) bond motifs is 1. The van der Waals surface area contributed by atoms with E-state index in [1.807, 2.05) is 24.3 Å². The third-order valence-electron chi connectivity index (χ3n) is 5.27. The number of nitrogens with zero attached hydrogens (tertiary/aromatic N) is 2. The van der Waals surface area contributed by atoms with Crippen LogP contribution in [-0.2, 0) is 4.79 Å². The van der Waals surface area contributed by atoms with E-state index in [9.17, 15) is 14.0 Å². The SMILES string of the molecule is Cc1ccc(NC(=O)C2CCN(C(=O)c3n[nH]c4ccccc34)CC2)cc1F. The fourth-order valence-corrected chi connectivity index (χ4v) is 3.54. The van der Waals surface area contributed by atoms with Crippen molar-refractivity contribution >= 4 is 28.4 Å². The maximum atomic E-state index is 13.7. The number of hydrogen-bond acceptors (Lipinski definition) is 3. The Kier molecular flexibility index (Phi) is 4.81. The number of H-pyrrole nitrogens is 1. The highest BCUT2D eigenvalue weighted by molar-refractivity contribution is 6.04. The Morgan fingerprint density at radius 3 is 2.68 bits per heavy atom. The van der Waals surface area contributed by atoms with Crippen molar-refractivity contribution in [3.63, 3.8) is 0 Å². The van der Waals surface area contributed by atoms with E-state index in [4.69, 9.17) is 0 Å². The van der Waals surface area contributed by atoms with Crippen LogP contribution in [0.5, 0.6) is 0 Å². The number of anilines is 1. The van der Waals surface area contributed by atoms with Crippen LogP contribution in [0.25, 0.3) is 10.9 Å². The molecular weight excluding hydrogens is 359 g/mol. The lowest BCUT2D eigenvalue weighted by Gasteiger charge is -2.31. The zero-order chi connectivity index (χ0) is 19.7. The molecule has 0 aliphatic carbocycles. The van der Waals surface area contributed by atoms with Crippen molar-refractivity contribution < 1.29 is 14.0 Å². The van der Waals surface area contributed by atoms with E-state index in [1.54, 1.807) is 24.0 Å². The molecule has 3 aromatic rings. The number of benzene rings is 2. The summed E-state index contributed by atoms with van der Waals surface area (Å²) in [6.07, 6.45) is 1.13. The number of amides is 2. The molecule has 4 rings (SSSR count). The standard InChI is InChI=1S/C21H21FN4O2/c1-13-6-7-15(12-17(13)22)23-20(27)14-8-10-26(11-9-14)21(28)19-16-4-2-3-5-18(16)24-25-19/h2-7,12,14H,8-11H2,1H3,(H,23,27)(H,24,25). The Morgan fingerprint density at radius 2 is 1.93 bits per heavy atom. The van der Waals surface area contributed by atoms with Crippen LogP contribution >= 0.6 is 0 Å². The lowest BCUT2D eigenvalue weighted by molar-refractivity contribution is -0.121. The first-order valence-corrected chi connectivity index (χ1v) is 9.32. The topological polar surface area (TPSA) is 78.1 Å². The second-order valence-electron chi connectivity index (χ2n) is 7.14. The molecule has 1 saturated heterocycles. The van der Waals surface area contributed by atoms with Crippen molar-refractivity contribution in [2.75, 3.05) is 18.4 Å². The number of hydrogen-bond donors (Lipinski definition) is 2. The lowest BCUT2D eigenvalue weighted by atomic mass is 9.95. The number of aromatic nitrogens is 2. The minimum atomic E-state index is -0.343. The van der Waals surface area contributed by atoms with Crippen molar-refractivity contribution in [1.82, 2.24) is 15.1 Å². The molecule has 2 amide bonds. The summed E-state index contributed by atoms with van der Waals surface area (Å²) in [6.45, 7) is 2.65. The molecule has 1 aromatic heterocycles. The van der Waals surface area contributed by atoms with Gasteiger partial charge in [0.05, 0.1) is 5.52 Å². The highest BCUT2D eigenvalue weighted by atomic mass is 19.1. The Morgan fingerprint density at radius 1 is 1.18 bits per heavy atom. The normalized spacial score (nSPS) is 15.0. The van der Waals surface area contributed by atoms with Gasteiger partial charge < -0.3 is 10.2 Å². The molecule has 2 N–H and O–H groups in total. The van der Waals surface area contributed by atoms with Gasteiger partial charge in [0.15, 0.2) is 5.69 Å². The number of rotatable bonds is 3. The second kappa shape index (κ2) is 7.42. The Balaban J connectivity index is 1.38. The molecule has 0 unspecified atom stereocenters. The summed E-state index contributed by atoms with van der Waals surface area (Å²) in [4.78, 5) is 27.0. The Hall–Kier alpha value is -3.22. The number of carbonyl (C=O) groups is 2. The number of halogens is 1. The minimum absolute atomic E-state index is 0.128. The molecule has 1 aliphatic rings. The fourth-order valence-electron chi connectivity index (χ4n) is 3.54. The van der Waals surface area contributed by atoms with Crippen LogP contribution in [0.4, 0.5) is 10.1 Å². The third kappa shape index (κ3) is 3.47. The molecule has 0 spiro atoms. The number of piperidine rings is 1. The van der Waals surface area contributed by atoms with E-state index in [2.05, 4.69) is 15.5 Å². The Bertz CT molecular complexity index is 1040. The van der Waals surface area contributed by atoms with Gasteiger partial charge in [0.1, 0.15) is 5.82 Å². The van der Waals surface area contributed by atoms with E-state index >= 15 is 0 Å². The number of aromatic amines is 1. The molecule has 0 atom stereocenters. The molecule has 0 radical (unpaired) electrons. The molecule has 28 heavy (non-hydrogen) atoms. The molecule has 0 saturated carbocycles. The smallest absolute Gasteiger partial charge is 0.274 e. The predicted octanol–water partition coefficient (Wildman–Crippen LogP) is 3.50. The zero-order valence-electron chi connectivity index (χ0n) is 15.5. The van der Waals surface area contributed by atoms with Gasteiger partial charge in [-0.05, 0) is 43.5 Å². The predicted molar refractivity (Wildman–Crippen MR) is 104 cm³/mol. The van der Waals surface area contributed by atoms with Crippen LogP contribution < -0.4 is 5.32 Å². The van der Waals surface area contributed by atoms with Gasteiger partial charge in [0.2, 0.25) is 5.91 Å².